The lowest BCUT2D eigenvalue weighted by molar-refractivity contribution is 0.442. The van der Waals surface area contributed by atoms with Crippen molar-refractivity contribution in [3.63, 3.8) is 0 Å². The van der Waals surface area contributed by atoms with Crippen molar-refractivity contribution in [1.82, 2.24) is 0 Å². The van der Waals surface area contributed by atoms with Crippen molar-refractivity contribution in [2.45, 2.75) is 25.1 Å². The van der Waals surface area contributed by atoms with E-state index in [-0.39, 0.29) is 5.82 Å². The first-order chi connectivity index (χ1) is 7.70. The van der Waals surface area contributed by atoms with Crippen molar-refractivity contribution in [3.8, 4) is 0 Å². The van der Waals surface area contributed by atoms with Gasteiger partial charge in [-0.2, -0.15) is 0 Å². The number of piperidine rings is 1. The molecule has 0 saturated carbocycles. The normalized spacial score (nSPS) is 21.2. The highest BCUT2D eigenvalue weighted by Gasteiger charge is 2.19. The van der Waals surface area contributed by atoms with E-state index in [1.165, 1.54) is 12.8 Å². The minimum absolute atomic E-state index is 0.0916. The van der Waals surface area contributed by atoms with E-state index in [1.54, 1.807) is 6.07 Å². The Labute approximate surface area is 105 Å². The summed E-state index contributed by atoms with van der Waals surface area (Å²) in [5.74, 6) is 0.579. The average Bonchev–Trinajstić information content (AvgIpc) is 2.28. The van der Waals surface area contributed by atoms with Gasteiger partial charge in [-0.15, -0.1) is 0 Å². The molecule has 1 aliphatic rings. The Kier molecular flexibility index (Phi) is 3.85. The van der Waals surface area contributed by atoms with E-state index in [0.717, 1.165) is 24.3 Å². The zero-order valence-corrected chi connectivity index (χ0v) is 11.1. The van der Waals surface area contributed by atoms with Crippen LogP contribution < -0.4 is 4.90 Å². The molecule has 0 aromatic heterocycles. The molecule has 16 heavy (non-hydrogen) atoms. The molecule has 0 spiro atoms. The molecule has 1 fully saturated rings. The van der Waals surface area contributed by atoms with Crippen LogP contribution in [-0.4, -0.2) is 13.1 Å². The highest BCUT2D eigenvalue weighted by atomic mass is 79.9. The van der Waals surface area contributed by atoms with Crippen molar-refractivity contribution in [2.24, 2.45) is 5.92 Å². The summed E-state index contributed by atoms with van der Waals surface area (Å²) in [7, 11) is 0. The number of hydrogen-bond acceptors (Lipinski definition) is 1. The van der Waals surface area contributed by atoms with Crippen LogP contribution in [0.4, 0.5) is 10.1 Å². The van der Waals surface area contributed by atoms with Crippen molar-refractivity contribution in [2.75, 3.05) is 18.0 Å². The van der Waals surface area contributed by atoms with Crippen LogP contribution in [-0.2, 0) is 5.33 Å². The van der Waals surface area contributed by atoms with Gasteiger partial charge in [0.1, 0.15) is 5.82 Å². The molecule has 1 nitrogen and oxygen atoms in total. The van der Waals surface area contributed by atoms with Gasteiger partial charge in [0, 0.05) is 18.4 Å². The lowest BCUT2D eigenvalue weighted by Crippen LogP contribution is -2.34. The van der Waals surface area contributed by atoms with E-state index in [9.17, 15) is 4.39 Å². The van der Waals surface area contributed by atoms with E-state index in [1.807, 2.05) is 12.1 Å². The monoisotopic (exact) mass is 285 g/mol. The van der Waals surface area contributed by atoms with Crippen molar-refractivity contribution in [1.29, 1.82) is 0 Å². The molecule has 3 heteroatoms. The van der Waals surface area contributed by atoms with E-state index in [2.05, 4.69) is 27.8 Å². The van der Waals surface area contributed by atoms with Crippen LogP contribution in [0, 0.1) is 11.7 Å². The lowest BCUT2D eigenvalue weighted by Gasteiger charge is -2.33. The summed E-state index contributed by atoms with van der Waals surface area (Å²) in [5.41, 5.74) is 1.75. The number of rotatable bonds is 2. The molecular formula is C13H17BrFN. The molecular weight excluding hydrogens is 269 g/mol. The SMILES string of the molecule is CC1CCCN(c2ccc(CBr)cc2F)C1. The van der Waals surface area contributed by atoms with Crippen LogP contribution in [0.5, 0.6) is 0 Å². The van der Waals surface area contributed by atoms with E-state index in [0.29, 0.717) is 11.2 Å². The van der Waals surface area contributed by atoms with Gasteiger partial charge >= 0.3 is 0 Å². The molecule has 0 bridgehead atoms. The Morgan fingerprint density at radius 1 is 1.50 bits per heavy atom. The van der Waals surface area contributed by atoms with E-state index in [4.69, 9.17) is 0 Å². The Bertz CT molecular complexity index is 367. The van der Waals surface area contributed by atoms with Crippen molar-refractivity contribution >= 4 is 21.6 Å². The first-order valence-electron chi connectivity index (χ1n) is 5.80. The molecule has 1 aromatic carbocycles. The molecule has 1 saturated heterocycles. The van der Waals surface area contributed by atoms with Gasteiger partial charge < -0.3 is 4.90 Å². The second kappa shape index (κ2) is 5.17. The van der Waals surface area contributed by atoms with Gasteiger partial charge in [0.25, 0.3) is 0 Å². The standard InChI is InChI=1S/C13H17BrFN/c1-10-3-2-6-16(9-10)13-5-4-11(8-14)7-12(13)15/h4-5,7,10H,2-3,6,8-9H2,1H3. The molecule has 88 valence electrons. The zero-order chi connectivity index (χ0) is 11.5. The van der Waals surface area contributed by atoms with Crippen molar-refractivity contribution in [3.05, 3.63) is 29.6 Å². The van der Waals surface area contributed by atoms with Crippen LogP contribution in [0.15, 0.2) is 18.2 Å². The lowest BCUT2D eigenvalue weighted by atomic mass is 9.99. The zero-order valence-electron chi connectivity index (χ0n) is 9.55. The molecule has 0 radical (unpaired) electrons. The Balaban J connectivity index is 2.19. The smallest absolute Gasteiger partial charge is 0.146 e. The summed E-state index contributed by atoms with van der Waals surface area (Å²) < 4.78 is 13.9. The number of anilines is 1. The summed E-state index contributed by atoms with van der Waals surface area (Å²) in [5, 5.41) is 0.709. The maximum absolute atomic E-state index is 13.9. The summed E-state index contributed by atoms with van der Waals surface area (Å²) in [6.45, 7) is 4.19. The van der Waals surface area contributed by atoms with Gasteiger partial charge in [-0.25, -0.2) is 4.39 Å². The van der Waals surface area contributed by atoms with Gasteiger partial charge in [-0.1, -0.05) is 28.9 Å². The Morgan fingerprint density at radius 2 is 2.31 bits per heavy atom. The fraction of sp³-hybridized carbons (Fsp3) is 0.538. The first-order valence-corrected chi connectivity index (χ1v) is 6.92. The van der Waals surface area contributed by atoms with Crippen molar-refractivity contribution < 1.29 is 4.39 Å². The molecule has 1 atom stereocenters. The predicted octanol–water partition coefficient (Wildman–Crippen LogP) is 3.96. The molecule has 1 heterocycles. The van der Waals surface area contributed by atoms with Gasteiger partial charge in [-0.05, 0) is 36.5 Å². The highest BCUT2D eigenvalue weighted by Crippen LogP contribution is 2.26. The van der Waals surface area contributed by atoms with Gasteiger partial charge in [-0.3, -0.25) is 0 Å². The second-order valence-electron chi connectivity index (χ2n) is 4.61. The highest BCUT2D eigenvalue weighted by molar-refractivity contribution is 9.08. The summed E-state index contributed by atoms with van der Waals surface area (Å²) in [6.07, 6.45) is 2.43. The first kappa shape index (κ1) is 11.9. The topological polar surface area (TPSA) is 3.24 Å². The van der Waals surface area contributed by atoms with Crippen LogP contribution in [0.3, 0.4) is 0 Å². The summed E-state index contributed by atoms with van der Waals surface area (Å²) in [6, 6.07) is 5.53. The third kappa shape index (κ3) is 2.57. The average molecular weight is 286 g/mol. The number of hydrogen-bond donors (Lipinski definition) is 0. The van der Waals surface area contributed by atoms with Crippen LogP contribution >= 0.6 is 15.9 Å². The Morgan fingerprint density at radius 3 is 2.94 bits per heavy atom. The maximum atomic E-state index is 13.9. The molecule has 1 aliphatic heterocycles. The second-order valence-corrected chi connectivity index (χ2v) is 5.17. The maximum Gasteiger partial charge on any atom is 0.146 e. The van der Waals surface area contributed by atoms with Crippen LogP contribution in [0.1, 0.15) is 25.3 Å². The number of nitrogens with zero attached hydrogens (tertiary/aromatic N) is 1. The molecule has 0 N–H and O–H groups in total. The third-order valence-corrected chi connectivity index (χ3v) is 3.81. The van der Waals surface area contributed by atoms with Gasteiger partial charge in [0.05, 0.1) is 5.69 Å². The van der Waals surface area contributed by atoms with E-state index >= 15 is 0 Å². The van der Waals surface area contributed by atoms with Gasteiger partial charge in [0.2, 0.25) is 0 Å². The minimum atomic E-state index is -0.0916. The largest absolute Gasteiger partial charge is 0.369 e. The van der Waals surface area contributed by atoms with Crippen LogP contribution in [0.2, 0.25) is 0 Å². The molecule has 2 rings (SSSR count). The summed E-state index contributed by atoms with van der Waals surface area (Å²) in [4.78, 5) is 2.17. The molecule has 0 aliphatic carbocycles. The van der Waals surface area contributed by atoms with Crippen LogP contribution in [0.25, 0.3) is 0 Å². The van der Waals surface area contributed by atoms with E-state index < -0.39 is 0 Å². The minimum Gasteiger partial charge on any atom is -0.369 e. The number of halogens is 2. The molecule has 1 unspecified atom stereocenters. The number of alkyl halides is 1. The Hall–Kier alpha value is -0.570. The molecule has 1 aromatic rings. The summed E-state index contributed by atoms with van der Waals surface area (Å²) >= 11 is 3.34. The van der Waals surface area contributed by atoms with Gasteiger partial charge in [0.15, 0.2) is 0 Å². The fourth-order valence-electron chi connectivity index (χ4n) is 2.30. The number of benzene rings is 1. The quantitative estimate of drug-likeness (QED) is 0.744. The predicted molar refractivity (Wildman–Crippen MR) is 69.6 cm³/mol. The fourth-order valence-corrected chi connectivity index (χ4v) is 2.65. The third-order valence-electron chi connectivity index (χ3n) is 3.16. The molecule has 0 amide bonds.